The van der Waals surface area contributed by atoms with Gasteiger partial charge in [0.15, 0.2) is 11.5 Å². The fourth-order valence-electron chi connectivity index (χ4n) is 2.09. The van der Waals surface area contributed by atoms with Gasteiger partial charge in [0.1, 0.15) is 11.4 Å². The number of aliphatic hydroxyl groups is 1. The van der Waals surface area contributed by atoms with Crippen molar-refractivity contribution in [1.29, 1.82) is 0 Å². The van der Waals surface area contributed by atoms with E-state index in [1.54, 1.807) is 24.3 Å². The molecule has 0 spiro atoms. The highest BCUT2D eigenvalue weighted by Gasteiger charge is 2.30. The lowest BCUT2D eigenvalue weighted by Gasteiger charge is -1.98. The van der Waals surface area contributed by atoms with E-state index in [2.05, 4.69) is 0 Å². The highest BCUT2D eigenvalue weighted by atomic mass is 19.1. The number of hydrogen-bond donors (Lipinski definition) is 1. The first-order valence-electron chi connectivity index (χ1n) is 6.33. The maximum Gasteiger partial charge on any atom is 0.348 e. The second-order valence-corrected chi connectivity index (χ2v) is 4.54. The van der Waals surface area contributed by atoms with Crippen molar-refractivity contribution in [3.05, 3.63) is 83.1 Å². The molecule has 0 saturated carbocycles. The Morgan fingerprint density at radius 1 is 1.00 bits per heavy atom. The van der Waals surface area contributed by atoms with Gasteiger partial charge >= 0.3 is 5.97 Å². The minimum absolute atomic E-state index is 0.0606. The second kappa shape index (κ2) is 5.25. The predicted octanol–water partition coefficient (Wildman–Crippen LogP) is 3.69. The quantitative estimate of drug-likeness (QED) is 0.854. The summed E-state index contributed by atoms with van der Waals surface area (Å²) >= 11 is 0. The number of benzene rings is 2. The summed E-state index contributed by atoms with van der Waals surface area (Å²) in [5.41, 5.74) is 1.34. The summed E-state index contributed by atoms with van der Waals surface area (Å²) in [4.78, 5) is 11.9. The summed E-state index contributed by atoms with van der Waals surface area (Å²) < 4.78 is 17.9. The van der Waals surface area contributed by atoms with Crippen LogP contribution in [0.15, 0.2) is 66.1 Å². The van der Waals surface area contributed by atoms with Gasteiger partial charge in [0.05, 0.1) is 0 Å². The highest BCUT2D eigenvalue weighted by molar-refractivity contribution is 6.20. The van der Waals surface area contributed by atoms with E-state index in [9.17, 15) is 14.3 Å². The second-order valence-electron chi connectivity index (χ2n) is 4.54. The van der Waals surface area contributed by atoms with Crippen molar-refractivity contribution in [2.45, 2.75) is 0 Å². The summed E-state index contributed by atoms with van der Waals surface area (Å²) in [6.07, 6.45) is 1.49. The smallest absolute Gasteiger partial charge is 0.348 e. The lowest BCUT2D eigenvalue weighted by atomic mass is 10.1. The van der Waals surface area contributed by atoms with E-state index in [0.717, 1.165) is 0 Å². The minimum atomic E-state index is -0.605. The molecule has 1 aliphatic heterocycles. The molecule has 0 fully saturated rings. The number of carbonyl (C=O) groups excluding carboxylic acids is 1. The van der Waals surface area contributed by atoms with Crippen molar-refractivity contribution in [3.8, 4) is 0 Å². The number of carbonyl (C=O) groups is 1. The van der Waals surface area contributed by atoms with Crippen LogP contribution in [0, 0.1) is 5.82 Å². The van der Waals surface area contributed by atoms with E-state index in [4.69, 9.17) is 4.74 Å². The molecule has 1 heterocycles. The van der Waals surface area contributed by atoms with Crippen molar-refractivity contribution < 1.29 is 19.0 Å². The molecule has 4 heteroatoms. The summed E-state index contributed by atoms with van der Waals surface area (Å²) in [5, 5.41) is 10.2. The van der Waals surface area contributed by atoms with Gasteiger partial charge in [-0.05, 0) is 29.3 Å². The topological polar surface area (TPSA) is 46.5 Å². The molecule has 21 heavy (non-hydrogen) atoms. The lowest BCUT2D eigenvalue weighted by Crippen LogP contribution is -1.98. The fourth-order valence-corrected chi connectivity index (χ4v) is 2.09. The molecule has 2 aromatic carbocycles. The van der Waals surface area contributed by atoms with Crippen LogP contribution in [0.1, 0.15) is 11.1 Å². The van der Waals surface area contributed by atoms with Gasteiger partial charge in [0, 0.05) is 0 Å². The van der Waals surface area contributed by atoms with Crippen LogP contribution in [0.5, 0.6) is 0 Å². The Morgan fingerprint density at radius 3 is 2.33 bits per heavy atom. The Labute approximate surface area is 120 Å². The van der Waals surface area contributed by atoms with E-state index in [0.29, 0.717) is 11.1 Å². The Hall–Kier alpha value is -2.88. The molecule has 1 aliphatic rings. The monoisotopic (exact) mass is 282 g/mol. The Bertz CT molecular complexity index is 743. The number of ether oxygens (including phenoxy) is 1. The molecular weight excluding hydrogens is 271 g/mol. The number of hydrogen-bond acceptors (Lipinski definition) is 3. The average Bonchev–Trinajstić information content (AvgIpc) is 2.77. The summed E-state index contributed by atoms with van der Waals surface area (Å²) in [6.45, 7) is 0. The average molecular weight is 282 g/mol. The Morgan fingerprint density at radius 2 is 1.67 bits per heavy atom. The molecule has 0 atom stereocenters. The molecule has 2 aromatic rings. The van der Waals surface area contributed by atoms with Crippen molar-refractivity contribution in [1.82, 2.24) is 0 Å². The van der Waals surface area contributed by atoms with Gasteiger partial charge in [0.2, 0.25) is 0 Å². The number of rotatable bonds is 2. The maximum absolute atomic E-state index is 12.9. The zero-order chi connectivity index (χ0) is 14.8. The molecule has 0 amide bonds. The number of cyclic esters (lactones) is 1. The van der Waals surface area contributed by atoms with Gasteiger partial charge in [0.25, 0.3) is 0 Å². The largest absolute Gasteiger partial charge is 0.504 e. The minimum Gasteiger partial charge on any atom is -0.504 e. The van der Waals surface area contributed by atoms with Gasteiger partial charge < -0.3 is 9.84 Å². The third-order valence-electron chi connectivity index (χ3n) is 3.11. The van der Waals surface area contributed by atoms with Crippen LogP contribution in [0.4, 0.5) is 4.39 Å². The highest BCUT2D eigenvalue weighted by Crippen LogP contribution is 2.32. The Balaban J connectivity index is 2.01. The summed E-state index contributed by atoms with van der Waals surface area (Å²) in [7, 11) is 0. The summed E-state index contributed by atoms with van der Waals surface area (Å²) in [5.74, 6) is -1.11. The van der Waals surface area contributed by atoms with Crippen molar-refractivity contribution in [2.75, 3.05) is 0 Å². The van der Waals surface area contributed by atoms with Crippen molar-refractivity contribution in [2.24, 2.45) is 0 Å². The van der Waals surface area contributed by atoms with Crippen LogP contribution in [0.2, 0.25) is 0 Å². The molecule has 0 radical (unpaired) electrons. The number of esters is 1. The first-order chi connectivity index (χ1) is 10.1. The first kappa shape index (κ1) is 13.1. The van der Waals surface area contributed by atoms with E-state index >= 15 is 0 Å². The van der Waals surface area contributed by atoms with Crippen molar-refractivity contribution >= 4 is 17.6 Å². The lowest BCUT2D eigenvalue weighted by molar-refractivity contribution is -0.131. The molecule has 0 bridgehead atoms. The van der Waals surface area contributed by atoms with E-state index in [-0.39, 0.29) is 22.9 Å². The van der Waals surface area contributed by atoms with E-state index in [1.165, 1.54) is 30.3 Å². The van der Waals surface area contributed by atoms with Crippen LogP contribution in [-0.4, -0.2) is 11.1 Å². The third-order valence-corrected chi connectivity index (χ3v) is 3.11. The molecule has 1 N–H and O–H groups in total. The fraction of sp³-hybridized carbons (Fsp3) is 0. The standard InChI is InChI=1S/C17H11FO3/c18-13-8-6-11(7-9-13)10-14-16(19)15(17(20)21-14)12-4-2-1-3-5-12/h1-10,19H/b14-10-. The zero-order valence-corrected chi connectivity index (χ0v) is 10.9. The van der Waals surface area contributed by atoms with Crippen LogP contribution < -0.4 is 0 Å². The van der Waals surface area contributed by atoms with Gasteiger partial charge in [-0.3, -0.25) is 0 Å². The SMILES string of the molecule is O=C1O/C(=C\c2ccc(F)cc2)C(O)=C1c1ccccc1. The molecule has 3 rings (SSSR count). The molecule has 0 aromatic heterocycles. The van der Waals surface area contributed by atoms with Gasteiger partial charge in [-0.25, -0.2) is 9.18 Å². The molecule has 0 aliphatic carbocycles. The van der Waals surface area contributed by atoms with Crippen molar-refractivity contribution in [3.63, 3.8) is 0 Å². The van der Waals surface area contributed by atoms with Gasteiger partial charge in [-0.1, -0.05) is 42.5 Å². The summed E-state index contributed by atoms with van der Waals surface area (Å²) in [6, 6.07) is 14.4. The third kappa shape index (κ3) is 2.56. The van der Waals surface area contributed by atoms with E-state index < -0.39 is 5.97 Å². The predicted molar refractivity (Wildman–Crippen MR) is 76.5 cm³/mol. The molecule has 0 unspecified atom stereocenters. The van der Waals surface area contributed by atoms with E-state index in [1.807, 2.05) is 6.07 Å². The molecule has 0 saturated heterocycles. The van der Waals surface area contributed by atoms with Crippen LogP contribution >= 0.6 is 0 Å². The Kier molecular flexibility index (Phi) is 3.28. The number of aliphatic hydroxyl groups excluding tert-OH is 1. The normalized spacial score (nSPS) is 16.4. The molecule has 104 valence electrons. The van der Waals surface area contributed by atoms with Gasteiger partial charge in [-0.2, -0.15) is 0 Å². The maximum atomic E-state index is 12.9. The van der Waals surface area contributed by atoms with Crippen LogP contribution in [0.3, 0.4) is 0 Å². The van der Waals surface area contributed by atoms with Gasteiger partial charge in [-0.15, -0.1) is 0 Å². The zero-order valence-electron chi connectivity index (χ0n) is 10.9. The molecule has 3 nitrogen and oxygen atoms in total. The number of halogens is 1. The van der Waals surface area contributed by atoms with Crippen LogP contribution in [-0.2, 0) is 9.53 Å². The molecular formula is C17H11FO3. The first-order valence-corrected chi connectivity index (χ1v) is 6.33. The van der Waals surface area contributed by atoms with Crippen LogP contribution in [0.25, 0.3) is 11.6 Å².